The number of fused-ring (bicyclic) bond motifs is 1. The number of hydrogen-bond acceptors (Lipinski definition) is 6. The third-order valence-electron chi connectivity index (χ3n) is 4.79. The Morgan fingerprint density at radius 1 is 1.04 bits per heavy atom. The third-order valence-corrected chi connectivity index (χ3v) is 4.79. The van der Waals surface area contributed by atoms with Crippen LogP contribution in [0.3, 0.4) is 0 Å². The Kier molecular flexibility index (Phi) is 5.42. The molecule has 1 aromatic carbocycles. The lowest BCUT2D eigenvalue weighted by atomic mass is 9.97. The fraction of sp³-hybridized carbons (Fsp3) is 0.429. The minimum absolute atomic E-state index is 0.571. The van der Waals surface area contributed by atoms with E-state index < -0.39 is 0 Å². The Labute approximate surface area is 160 Å². The lowest BCUT2D eigenvalue weighted by molar-refractivity contribution is 0.171. The van der Waals surface area contributed by atoms with Gasteiger partial charge in [-0.1, -0.05) is 11.6 Å². The van der Waals surface area contributed by atoms with Crippen molar-refractivity contribution in [3.05, 3.63) is 41.6 Å². The first kappa shape index (κ1) is 17.6. The van der Waals surface area contributed by atoms with Crippen molar-refractivity contribution in [2.75, 3.05) is 30.4 Å². The summed E-state index contributed by atoms with van der Waals surface area (Å²) in [7, 11) is 0. The highest BCUT2D eigenvalue weighted by atomic mass is 16.6. The van der Waals surface area contributed by atoms with Gasteiger partial charge in [0, 0.05) is 30.1 Å². The van der Waals surface area contributed by atoms with E-state index in [1.807, 2.05) is 31.2 Å². The maximum Gasteiger partial charge on any atom is 0.229 e. The molecular weight excluding hydrogens is 340 g/mol. The van der Waals surface area contributed by atoms with Crippen molar-refractivity contribution in [1.29, 1.82) is 0 Å². The predicted octanol–water partition coefficient (Wildman–Crippen LogP) is 4.60. The first-order valence-corrected chi connectivity index (χ1v) is 9.70. The highest BCUT2D eigenvalue weighted by Crippen LogP contribution is 2.33. The van der Waals surface area contributed by atoms with Crippen LogP contribution in [0.5, 0.6) is 11.5 Å². The van der Waals surface area contributed by atoms with Gasteiger partial charge in [-0.2, -0.15) is 4.98 Å². The van der Waals surface area contributed by atoms with E-state index in [1.54, 1.807) is 5.57 Å². The molecule has 2 aliphatic rings. The molecule has 0 fully saturated rings. The van der Waals surface area contributed by atoms with Gasteiger partial charge in [0.2, 0.25) is 5.95 Å². The molecule has 0 atom stereocenters. The van der Waals surface area contributed by atoms with Crippen molar-refractivity contribution in [1.82, 2.24) is 9.97 Å². The summed E-state index contributed by atoms with van der Waals surface area (Å²) in [6.45, 7) is 4.03. The summed E-state index contributed by atoms with van der Waals surface area (Å²) in [6, 6.07) is 7.75. The molecular formula is C21H26N4O2. The van der Waals surface area contributed by atoms with Gasteiger partial charge in [-0.15, -0.1) is 0 Å². The molecule has 0 bridgehead atoms. The Balaban J connectivity index is 1.40. The van der Waals surface area contributed by atoms with E-state index in [-0.39, 0.29) is 0 Å². The van der Waals surface area contributed by atoms with Gasteiger partial charge in [-0.3, -0.25) is 0 Å². The topological polar surface area (TPSA) is 68.3 Å². The second-order valence-electron chi connectivity index (χ2n) is 6.99. The predicted molar refractivity (Wildman–Crippen MR) is 107 cm³/mol. The molecule has 0 amide bonds. The maximum absolute atomic E-state index is 5.64. The van der Waals surface area contributed by atoms with Gasteiger partial charge in [-0.25, -0.2) is 4.98 Å². The number of nitrogens with one attached hydrogen (secondary N) is 2. The summed E-state index contributed by atoms with van der Waals surface area (Å²) in [5, 5.41) is 6.70. The van der Waals surface area contributed by atoms with Crippen molar-refractivity contribution in [3.8, 4) is 11.5 Å². The number of aryl methyl sites for hydroxylation is 1. The van der Waals surface area contributed by atoms with Crippen LogP contribution < -0.4 is 20.1 Å². The molecule has 1 aromatic heterocycles. The van der Waals surface area contributed by atoms with E-state index in [1.165, 1.54) is 25.7 Å². The van der Waals surface area contributed by atoms with E-state index in [0.29, 0.717) is 19.2 Å². The Hall–Kier alpha value is -2.76. The van der Waals surface area contributed by atoms with Crippen LogP contribution in [0, 0.1) is 6.92 Å². The van der Waals surface area contributed by atoms with Crippen molar-refractivity contribution in [3.63, 3.8) is 0 Å². The quantitative estimate of drug-likeness (QED) is 0.728. The Morgan fingerprint density at radius 3 is 2.78 bits per heavy atom. The number of ether oxygens (including phenoxy) is 2. The zero-order valence-corrected chi connectivity index (χ0v) is 15.8. The number of anilines is 3. The van der Waals surface area contributed by atoms with Crippen LogP contribution in [0.15, 0.2) is 35.9 Å². The largest absolute Gasteiger partial charge is 0.486 e. The maximum atomic E-state index is 5.64. The second kappa shape index (κ2) is 8.29. The molecule has 0 unspecified atom stereocenters. The molecule has 0 spiro atoms. The number of aromatic nitrogens is 2. The van der Waals surface area contributed by atoms with Crippen molar-refractivity contribution in [2.45, 2.75) is 39.0 Å². The number of nitrogens with zero attached hydrogens (tertiary/aromatic N) is 2. The summed E-state index contributed by atoms with van der Waals surface area (Å²) >= 11 is 0. The Bertz CT molecular complexity index is 835. The fourth-order valence-electron chi connectivity index (χ4n) is 3.45. The smallest absolute Gasteiger partial charge is 0.229 e. The summed E-state index contributed by atoms with van der Waals surface area (Å²) in [5.41, 5.74) is 3.36. The molecule has 4 rings (SSSR count). The molecule has 2 aromatic rings. The van der Waals surface area contributed by atoms with Crippen LogP contribution >= 0.6 is 0 Å². The monoisotopic (exact) mass is 366 g/mol. The van der Waals surface area contributed by atoms with E-state index in [4.69, 9.17) is 9.47 Å². The molecule has 2 N–H and O–H groups in total. The van der Waals surface area contributed by atoms with Gasteiger partial charge in [0.15, 0.2) is 11.5 Å². The van der Waals surface area contributed by atoms with Crippen LogP contribution in [0.1, 0.15) is 37.8 Å². The molecule has 6 nitrogen and oxygen atoms in total. The van der Waals surface area contributed by atoms with Gasteiger partial charge in [0.05, 0.1) is 0 Å². The second-order valence-corrected chi connectivity index (χ2v) is 6.99. The molecule has 6 heteroatoms. The van der Waals surface area contributed by atoms with Crippen molar-refractivity contribution < 1.29 is 9.47 Å². The number of hydrogen-bond donors (Lipinski definition) is 2. The van der Waals surface area contributed by atoms with Crippen LogP contribution in [-0.2, 0) is 0 Å². The highest BCUT2D eigenvalue weighted by Gasteiger charge is 2.12. The minimum atomic E-state index is 0.571. The average molecular weight is 366 g/mol. The van der Waals surface area contributed by atoms with E-state index in [0.717, 1.165) is 41.7 Å². The normalized spacial score (nSPS) is 15.8. The average Bonchev–Trinajstić information content (AvgIpc) is 2.68. The number of rotatable bonds is 6. The molecule has 2 heterocycles. The van der Waals surface area contributed by atoms with Crippen LogP contribution in [-0.4, -0.2) is 29.7 Å². The zero-order valence-electron chi connectivity index (χ0n) is 15.8. The van der Waals surface area contributed by atoms with Crippen LogP contribution in [0.2, 0.25) is 0 Å². The van der Waals surface area contributed by atoms with Gasteiger partial charge in [0.1, 0.15) is 19.0 Å². The molecule has 0 saturated carbocycles. The minimum Gasteiger partial charge on any atom is -0.486 e. The van der Waals surface area contributed by atoms with Crippen LogP contribution in [0.4, 0.5) is 17.5 Å². The first-order chi connectivity index (χ1) is 13.3. The van der Waals surface area contributed by atoms with Crippen LogP contribution in [0.25, 0.3) is 0 Å². The molecule has 0 radical (unpaired) electrons. The standard InChI is InChI=1S/C21H26N4O2/c1-15-13-20(22-10-9-16-5-3-2-4-6-16)25-21(23-15)24-17-7-8-18-19(14-17)27-12-11-26-18/h5,7-8,13-14H,2-4,6,9-12H2,1H3,(H2,22,23,24,25). The molecule has 1 aliphatic carbocycles. The first-order valence-electron chi connectivity index (χ1n) is 9.70. The SMILES string of the molecule is Cc1cc(NCCC2=CCCCC2)nc(Nc2ccc3c(c2)OCCO3)n1. The number of allylic oxidation sites excluding steroid dienone is 1. The summed E-state index contributed by atoms with van der Waals surface area (Å²) < 4.78 is 11.2. The molecule has 27 heavy (non-hydrogen) atoms. The third kappa shape index (κ3) is 4.70. The van der Waals surface area contributed by atoms with E-state index in [9.17, 15) is 0 Å². The van der Waals surface area contributed by atoms with Crippen molar-refractivity contribution >= 4 is 17.5 Å². The lowest BCUT2D eigenvalue weighted by Gasteiger charge is -2.19. The van der Waals surface area contributed by atoms with E-state index >= 15 is 0 Å². The van der Waals surface area contributed by atoms with Gasteiger partial charge < -0.3 is 20.1 Å². The lowest BCUT2D eigenvalue weighted by Crippen LogP contribution is -2.15. The van der Waals surface area contributed by atoms with E-state index in [2.05, 4.69) is 26.7 Å². The zero-order chi connectivity index (χ0) is 18.5. The number of benzene rings is 1. The summed E-state index contributed by atoms with van der Waals surface area (Å²) in [4.78, 5) is 9.09. The highest BCUT2D eigenvalue weighted by molar-refractivity contribution is 5.61. The van der Waals surface area contributed by atoms with Gasteiger partial charge >= 0.3 is 0 Å². The van der Waals surface area contributed by atoms with Gasteiger partial charge in [0.25, 0.3) is 0 Å². The van der Waals surface area contributed by atoms with Crippen molar-refractivity contribution in [2.24, 2.45) is 0 Å². The van der Waals surface area contributed by atoms with Gasteiger partial charge in [-0.05, 0) is 51.2 Å². The molecule has 142 valence electrons. The summed E-state index contributed by atoms with van der Waals surface area (Å²) in [6.07, 6.45) is 8.59. The Morgan fingerprint density at radius 2 is 1.93 bits per heavy atom. The summed E-state index contributed by atoms with van der Waals surface area (Å²) in [5.74, 6) is 2.94. The molecule has 0 saturated heterocycles. The fourth-order valence-corrected chi connectivity index (χ4v) is 3.45. The molecule has 1 aliphatic heterocycles.